The maximum atomic E-state index is 2.43. The molecular formula is C60H40N2. The first kappa shape index (κ1) is 35.7. The van der Waals surface area contributed by atoms with Crippen molar-refractivity contribution in [2.45, 2.75) is 0 Å². The molecule has 0 amide bonds. The number of nitrogens with zero attached hydrogens (tertiary/aromatic N) is 2. The first-order valence-corrected chi connectivity index (χ1v) is 21.3. The van der Waals surface area contributed by atoms with Crippen LogP contribution in [0.4, 0.5) is 0 Å². The average molecular weight is 789 g/mol. The van der Waals surface area contributed by atoms with Crippen LogP contribution in [0.25, 0.3) is 111 Å². The van der Waals surface area contributed by atoms with Crippen molar-refractivity contribution in [2.75, 3.05) is 0 Å². The predicted molar refractivity (Wildman–Crippen MR) is 262 cm³/mol. The van der Waals surface area contributed by atoms with Crippen molar-refractivity contribution >= 4 is 43.6 Å². The highest BCUT2D eigenvalue weighted by Gasteiger charge is 2.17. The first-order chi connectivity index (χ1) is 30.7. The Hall–Kier alpha value is -8.20. The SMILES string of the molecule is c1ccc(-c2cc(-c3ccccc3)cc(-n3c4ccccc4c4cc(-c5cccc(-c6ccc(-c7ccc8c(c7)c7ccccc7n8-c7ccccc7)cc6)c5)ccc43)c2)cc1. The van der Waals surface area contributed by atoms with Gasteiger partial charge in [0.25, 0.3) is 0 Å². The minimum Gasteiger partial charge on any atom is -0.309 e. The maximum absolute atomic E-state index is 2.43. The van der Waals surface area contributed by atoms with Gasteiger partial charge in [-0.1, -0.05) is 170 Å². The second-order valence-electron chi connectivity index (χ2n) is 16.2. The summed E-state index contributed by atoms with van der Waals surface area (Å²) in [5, 5.41) is 5.00. The first-order valence-electron chi connectivity index (χ1n) is 21.3. The minimum atomic E-state index is 1.15. The van der Waals surface area contributed by atoms with E-state index in [1.165, 1.54) is 105 Å². The van der Waals surface area contributed by atoms with Crippen LogP contribution in [0.1, 0.15) is 0 Å². The molecule has 12 rings (SSSR count). The topological polar surface area (TPSA) is 9.86 Å². The highest BCUT2D eigenvalue weighted by atomic mass is 15.0. The standard InChI is InChI=1S/C60H40N2/c1-4-15-41(16-5-1)49-36-50(42-17-6-2-7-18-42)38-52(37-49)62-58-26-13-11-24-54(58)56-40-48(32-34-60(56)62)46-20-14-19-45(35-46)43-27-29-44(30-28-43)47-31-33-59-55(39-47)53-23-10-12-25-57(53)61(59)51-21-8-3-9-22-51/h1-40H. The van der Waals surface area contributed by atoms with E-state index in [-0.39, 0.29) is 0 Å². The summed E-state index contributed by atoms with van der Waals surface area (Å²) in [4.78, 5) is 0. The van der Waals surface area contributed by atoms with E-state index in [1.807, 2.05) is 0 Å². The lowest BCUT2D eigenvalue weighted by Crippen LogP contribution is -1.96. The molecule has 12 aromatic rings. The lowest BCUT2D eigenvalue weighted by molar-refractivity contribution is 1.18. The van der Waals surface area contributed by atoms with Gasteiger partial charge in [0, 0.05) is 32.9 Å². The fourth-order valence-electron chi connectivity index (χ4n) is 9.51. The predicted octanol–water partition coefficient (Wildman–Crippen LogP) is 16.2. The van der Waals surface area contributed by atoms with Crippen LogP contribution >= 0.6 is 0 Å². The van der Waals surface area contributed by atoms with E-state index in [0.29, 0.717) is 0 Å². The van der Waals surface area contributed by atoms with Crippen LogP contribution in [0.5, 0.6) is 0 Å². The van der Waals surface area contributed by atoms with Crippen LogP contribution < -0.4 is 0 Å². The summed E-state index contributed by atoms with van der Waals surface area (Å²) in [6.07, 6.45) is 0. The summed E-state index contributed by atoms with van der Waals surface area (Å²) in [6.45, 7) is 0. The molecule has 2 heterocycles. The zero-order valence-electron chi connectivity index (χ0n) is 34.0. The molecule has 0 aliphatic heterocycles. The molecular weight excluding hydrogens is 749 g/mol. The van der Waals surface area contributed by atoms with Gasteiger partial charge in [0.05, 0.1) is 22.1 Å². The van der Waals surface area contributed by atoms with Gasteiger partial charge in [-0.3, -0.25) is 0 Å². The largest absolute Gasteiger partial charge is 0.309 e. The molecule has 0 unspecified atom stereocenters. The monoisotopic (exact) mass is 788 g/mol. The van der Waals surface area contributed by atoms with E-state index >= 15 is 0 Å². The van der Waals surface area contributed by atoms with Crippen molar-refractivity contribution < 1.29 is 0 Å². The summed E-state index contributed by atoms with van der Waals surface area (Å²) >= 11 is 0. The number of hydrogen-bond acceptors (Lipinski definition) is 0. The van der Waals surface area contributed by atoms with Gasteiger partial charge in [-0.25, -0.2) is 0 Å². The van der Waals surface area contributed by atoms with Crippen molar-refractivity contribution in [1.82, 2.24) is 9.13 Å². The molecule has 62 heavy (non-hydrogen) atoms. The van der Waals surface area contributed by atoms with Crippen molar-refractivity contribution in [2.24, 2.45) is 0 Å². The number of fused-ring (bicyclic) bond motifs is 6. The Morgan fingerprint density at radius 3 is 1.05 bits per heavy atom. The third kappa shape index (κ3) is 6.12. The fourth-order valence-corrected chi connectivity index (χ4v) is 9.51. The van der Waals surface area contributed by atoms with Crippen LogP contribution in [-0.4, -0.2) is 9.13 Å². The Morgan fingerprint density at radius 1 is 0.177 bits per heavy atom. The molecule has 0 aliphatic carbocycles. The maximum Gasteiger partial charge on any atom is 0.0541 e. The zero-order chi connectivity index (χ0) is 41.0. The van der Waals surface area contributed by atoms with Crippen LogP contribution in [-0.2, 0) is 0 Å². The molecule has 0 radical (unpaired) electrons. The van der Waals surface area contributed by atoms with E-state index in [9.17, 15) is 0 Å². The second-order valence-corrected chi connectivity index (χ2v) is 16.2. The number of rotatable bonds is 7. The molecule has 0 aliphatic rings. The van der Waals surface area contributed by atoms with Gasteiger partial charge in [-0.2, -0.15) is 0 Å². The molecule has 0 saturated carbocycles. The summed E-state index contributed by atoms with van der Waals surface area (Å²) in [5.74, 6) is 0. The van der Waals surface area contributed by atoms with Gasteiger partial charge < -0.3 is 9.13 Å². The highest BCUT2D eigenvalue weighted by Crippen LogP contribution is 2.39. The van der Waals surface area contributed by atoms with Crippen molar-refractivity contribution in [3.05, 3.63) is 243 Å². The number of hydrogen-bond donors (Lipinski definition) is 0. The molecule has 2 heteroatoms. The van der Waals surface area contributed by atoms with E-state index in [2.05, 4.69) is 252 Å². The highest BCUT2D eigenvalue weighted by molar-refractivity contribution is 6.12. The van der Waals surface area contributed by atoms with Crippen LogP contribution in [0.15, 0.2) is 243 Å². The molecule has 10 aromatic carbocycles. The van der Waals surface area contributed by atoms with Crippen molar-refractivity contribution in [3.63, 3.8) is 0 Å². The minimum absolute atomic E-state index is 1.15. The molecule has 0 N–H and O–H groups in total. The smallest absolute Gasteiger partial charge is 0.0541 e. The molecule has 2 aromatic heterocycles. The van der Waals surface area contributed by atoms with Gasteiger partial charge in [-0.05, 0) is 128 Å². The molecule has 0 spiro atoms. The molecule has 290 valence electrons. The molecule has 2 nitrogen and oxygen atoms in total. The quantitative estimate of drug-likeness (QED) is 0.152. The molecule has 0 saturated heterocycles. The van der Waals surface area contributed by atoms with Gasteiger partial charge in [0.15, 0.2) is 0 Å². The second kappa shape index (κ2) is 14.8. The van der Waals surface area contributed by atoms with Crippen molar-refractivity contribution in [3.8, 4) is 67.0 Å². The Kier molecular flexibility index (Phi) is 8.53. The fraction of sp³-hybridized carbons (Fsp3) is 0. The average Bonchev–Trinajstić information content (AvgIpc) is 3.87. The van der Waals surface area contributed by atoms with Crippen molar-refractivity contribution in [1.29, 1.82) is 0 Å². The summed E-state index contributed by atoms with van der Waals surface area (Å²) in [6, 6.07) is 88.4. The van der Waals surface area contributed by atoms with Gasteiger partial charge >= 0.3 is 0 Å². The normalized spacial score (nSPS) is 11.5. The summed E-state index contributed by atoms with van der Waals surface area (Å²) in [7, 11) is 0. The van der Waals surface area contributed by atoms with E-state index in [0.717, 1.165) is 5.69 Å². The molecule has 0 bridgehead atoms. The third-order valence-corrected chi connectivity index (χ3v) is 12.5. The van der Waals surface area contributed by atoms with Gasteiger partial charge in [-0.15, -0.1) is 0 Å². The third-order valence-electron chi connectivity index (χ3n) is 12.5. The van der Waals surface area contributed by atoms with Gasteiger partial charge in [0.2, 0.25) is 0 Å². The molecule has 0 fully saturated rings. The summed E-state index contributed by atoms with van der Waals surface area (Å²) in [5.41, 5.74) is 19.1. The van der Waals surface area contributed by atoms with E-state index < -0.39 is 0 Å². The number of para-hydroxylation sites is 3. The Bertz CT molecular complexity index is 3540. The van der Waals surface area contributed by atoms with E-state index in [1.54, 1.807) is 0 Å². The lowest BCUT2D eigenvalue weighted by atomic mass is 9.96. The van der Waals surface area contributed by atoms with E-state index in [4.69, 9.17) is 0 Å². The van der Waals surface area contributed by atoms with Crippen LogP contribution in [0.2, 0.25) is 0 Å². The number of benzene rings is 10. The summed E-state index contributed by atoms with van der Waals surface area (Å²) < 4.78 is 4.80. The Balaban J connectivity index is 0.905. The Morgan fingerprint density at radius 2 is 0.516 bits per heavy atom. The van der Waals surface area contributed by atoms with Crippen LogP contribution in [0, 0.1) is 0 Å². The lowest BCUT2D eigenvalue weighted by Gasteiger charge is -2.14. The van der Waals surface area contributed by atoms with Gasteiger partial charge in [0.1, 0.15) is 0 Å². The molecule has 0 atom stereocenters. The van der Waals surface area contributed by atoms with Crippen LogP contribution in [0.3, 0.4) is 0 Å². The Labute approximate surface area is 360 Å². The number of aromatic nitrogens is 2. The zero-order valence-corrected chi connectivity index (χ0v) is 34.0.